The molecule has 0 amide bonds. The van der Waals surface area contributed by atoms with Gasteiger partial charge in [0.1, 0.15) is 5.69 Å². The minimum atomic E-state index is 0.0674. The minimum Gasteiger partial charge on any atom is -0.293 e. The quantitative estimate of drug-likeness (QED) is 0.627. The van der Waals surface area contributed by atoms with Gasteiger partial charge < -0.3 is 0 Å². The van der Waals surface area contributed by atoms with Crippen molar-refractivity contribution in [2.75, 3.05) is 0 Å². The summed E-state index contributed by atoms with van der Waals surface area (Å²) in [5.41, 5.74) is 3.53. The summed E-state index contributed by atoms with van der Waals surface area (Å²) in [6, 6.07) is 19.4. The summed E-state index contributed by atoms with van der Waals surface area (Å²) >= 11 is 0. The van der Waals surface area contributed by atoms with Gasteiger partial charge in [-0.3, -0.25) is 14.7 Å². The lowest BCUT2D eigenvalue weighted by molar-refractivity contribution is 0.00891. The van der Waals surface area contributed by atoms with E-state index in [0.29, 0.717) is 17.8 Å². The van der Waals surface area contributed by atoms with Gasteiger partial charge in [-0.2, -0.15) is 0 Å². The smallest absolute Gasteiger partial charge is 0.185 e. The lowest BCUT2D eigenvalue weighted by Gasteiger charge is -2.48. The van der Waals surface area contributed by atoms with Crippen LogP contribution in [0.15, 0.2) is 60.8 Å². The van der Waals surface area contributed by atoms with Crippen LogP contribution in [0.1, 0.15) is 48.2 Å². The molecule has 2 aromatic carbocycles. The molecule has 5 rings (SSSR count). The van der Waals surface area contributed by atoms with Gasteiger partial charge in [-0.25, -0.2) is 4.98 Å². The first kappa shape index (κ1) is 17.5. The summed E-state index contributed by atoms with van der Waals surface area (Å²) < 4.78 is 0. The van der Waals surface area contributed by atoms with Crippen LogP contribution in [0.25, 0.3) is 11.0 Å². The molecule has 2 atom stereocenters. The van der Waals surface area contributed by atoms with Crippen LogP contribution in [0, 0.1) is 5.92 Å². The zero-order chi connectivity index (χ0) is 18.9. The van der Waals surface area contributed by atoms with Crippen LogP contribution in [-0.2, 0) is 6.54 Å². The van der Waals surface area contributed by atoms with Crippen molar-refractivity contribution in [1.29, 1.82) is 0 Å². The first-order valence-electron chi connectivity index (χ1n) is 10.3. The second-order valence-electron chi connectivity index (χ2n) is 8.17. The lowest BCUT2D eigenvalue weighted by atomic mass is 9.76. The lowest BCUT2D eigenvalue weighted by Crippen LogP contribution is -2.52. The van der Waals surface area contributed by atoms with Gasteiger partial charge >= 0.3 is 0 Å². The maximum Gasteiger partial charge on any atom is 0.185 e. The van der Waals surface area contributed by atoms with Gasteiger partial charge in [0.15, 0.2) is 5.78 Å². The highest BCUT2D eigenvalue weighted by molar-refractivity contribution is 5.97. The van der Waals surface area contributed by atoms with Crippen molar-refractivity contribution in [3.05, 3.63) is 72.1 Å². The fraction of sp³-hybridized carbons (Fsp3) is 0.375. The van der Waals surface area contributed by atoms with Gasteiger partial charge in [-0.05, 0) is 43.4 Å². The highest BCUT2D eigenvalue weighted by atomic mass is 16.1. The van der Waals surface area contributed by atoms with Crippen molar-refractivity contribution in [2.45, 2.75) is 50.7 Å². The van der Waals surface area contributed by atoms with Gasteiger partial charge in [0, 0.05) is 24.5 Å². The van der Waals surface area contributed by atoms with Gasteiger partial charge in [-0.1, -0.05) is 48.9 Å². The Hall–Kier alpha value is -2.59. The number of fused-ring (bicyclic) bond motifs is 3. The highest BCUT2D eigenvalue weighted by Gasteiger charge is 2.41. The number of nitrogens with zero attached hydrogens (tertiary/aromatic N) is 3. The van der Waals surface area contributed by atoms with Crippen molar-refractivity contribution in [3.8, 4) is 0 Å². The van der Waals surface area contributed by atoms with Crippen molar-refractivity contribution < 1.29 is 4.79 Å². The number of hydrogen-bond donors (Lipinski definition) is 0. The predicted molar refractivity (Wildman–Crippen MR) is 110 cm³/mol. The van der Waals surface area contributed by atoms with Crippen LogP contribution in [0.3, 0.4) is 0 Å². The van der Waals surface area contributed by atoms with Crippen LogP contribution in [-0.4, -0.2) is 32.7 Å². The van der Waals surface area contributed by atoms with Crippen molar-refractivity contribution in [3.63, 3.8) is 0 Å². The van der Waals surface area contributed by atoms with Gasteiger partial charge in [0.25, 0.3) is 0 Å². The number of benzene rings is 2. The minimum absolute atomic E-state index is 0.0674. The first-order chi connectivity index (χ1) is 13.8. The standard InChI is InChI=1S/C24H25N3O/c28-24(23-15-25-21-11-4-5-12-22(21)26-23)18-13-19-9-6-10-20(14-18)27(19)16-17-7-2-1-3-8-17/h1-5,7-8,11-12,15,18-20H,6,9-10,13-14,16H2. The van der Waals surface area contributed by atoms with Gasteiger partial charge in [0.05, 0.1) is 17.2 Å². The molecule has 3 heterocycles. The van der Waals surface area contributed by atoms with E-state index in [9.17, 15) is 4.79 Å². The fourth-order valence-electron chi connectivity index (χ4n) is 5.03. The summed E-state index contributed by atoms with van der Waals surface area (Å²) in [7, 11) is 0. The molecule has 0 saturated carbocycles. The average molecular weight is 371 g/mol. The van der Waals surface area contributed by atoms with E-state index < -0.39 is 0 Å². The molecule has 2 aliphatic heterocycles. The molecule has 1 aromatic heterocycles. The third kappa shape index (κ3) is 3.33. The van der Waals surface area contributed by atoms with Crippen LogP contribution in [0.5, 0.6) is 0 Å². The number of carbonyl (C=O) groups excluding carboxylic acids is 1. The van der Waals surface area contributed by atoms with Crippen LogP contribution >= 0.6 is 0 Å². The third-order valence-corrected chi connectivity index (χ3v) is 6.41. The molecule has 0 N–H and O–H groups in total. The fourth-order valence-corrected chi connectivity index (χ4v) is 5.03. The molecule has 0 spiro atoms. The summed E-state index contributed by atoms with van der Waals surface area (Å²) in [5, 5.41) is 0. The summed E-state index contributed by atoms with van der Waals surface area (Å²) in [6.07, 6.45) is 7.20. The van der Waals surface area contributed by atoms with Crippen molar-refractivity contribution >= 4 is 16.8 Å². The third-order valence-electron chi connectivity index (χ3n) is 6.41. The number of rotatable bonds is 4. The van der Waals surface area contributed by atoms with Crippen molar-refractivity contribution in [2.24, 2.45) is 5.92 Å². The second kappa shape index (κ2) is 7.44. The van der Waals surface area contributed by atoms with E-state index in [2.05, 4.69) is 45.2 Å². The Kier molecular flexibility index (Phi) is 4.65. The maximum atomic E-state index is 13.2. The second-order valence-corrected chi connectivity index (χ2v) is 8.17. The molecule has 3 aromatic rings. The van der Waals surface area contributed by atoms with E-state index >= 15 is 0 Å². The average Bonchev–Trinajstić information content (AvgIpc) is 2.73. The Bertz CT molecular complexity index is 973. The molecule has 2 fully saturated rings. The topological polar surface area (TPSA) is 46.1 Å². The SMILES string of the molecule is O=C(c1cnc2ccccc2n1)C1CC2CCCC(C1)N2Cc1ccccc1. The van der Waals surface area contributed by atoms with E-state index in [1.54, 1.807) is 6.20 Å². The largest absolute Gasteiger partial charge is 0.293 e. The van der Waals surface area contributed by atoms with E-state index in [4.69, 9.17) is 0 Å². The molecule has 2 bridgehead atoms. The van der Waals surface area contributed by atoms with Crippen LogP contribution in [0.4, 0.5) is 0 Å². The highest BCUT2D eigenvalue weighted by Crippen LogP contribution is 2.39. The van der Waals surface area contributed by atoms with Gasteiger partial charge in [0.2, 0.25) is 0 Å². The molecule has 4 nitrogen and oxygen atoms in total. The Morgan fingerprint density at radius 1 is 0.929 bits per heavy atom. The Labute approximate surface area is 165 Å². The molecule has 28 heavy (non-hydrogen) atoms. The van der Waals surface area contributed by atoms with Crippen molar-refractivity contribution in [1.82, 2.24) is 14.9 Å². The van der Waals surface area contributed by atoms with E-state index in [0.717, 1.165) is 30.4 Å². The Morgan fingerprint density at radius 3 is 2.36 bits per heavy atom. The number of ketones is 1. The molecular weight excluding hydrogens is 346 g/mol. The zero-order valence-corrected chi connectivity index (χ0v) is 16.0. The summed E-state index contributed by atoms with van der Waals surface area (Å²) in [5.74, 6) is 0.243. The number of para-hydroxylation sites is 2. The molecule has 2 saturated heterocycles. The first-order valence-corrected chi connectivity index (χ1v) is 10.3. The molecule has 2 aliphatic rings. The Morgan fingerprint density at radius 2 is 1.61 bits per heavy atom. The zero-order valence-electron chi connectivity index (χ0n) is 16.0. The van der Waals surface area contributed by atoms with E-state index in [1.165, 1.54) is 24.8 Å². The molecule has 0 aliphatic carbocycles. The number of Topliss-reactive ketones (excluding diaryl/α,β-unsaturated/α-hetero) is 1. The maximum absolute atomic E-state index is 13.2. The molecule has 142 valence electrons. The molecule has 0 radical (unpaired) electrons. The number of piperidine rings is 2. The normalized spacial score (nSPS) is 24.9. The van der Waals surface area contributed by atoms with Crippen LogP contribution in [0.2, 0.25) is 0 Å². The number of aromatic nitrogens is 2. The van der Waals surface area contributed by atoms with Gasteiger partial charge in [-0.15, -0.1) is 0 Å². The van der Waals surface area contributed by atoms with E-state index in [-0.39, 0.29) is 11.7 Å². The van der Waals surface area contributed by atoms with E-state index in [1.807, 2.05) is 24.3 Å². The number of hydrogen-bond acceptors (Lipinski definition) is 4. The molecule has 4 heteroatoms. The summed E-state index contributed by atoms with van der Waals surface area (Å²) in [4.78, 5) is 24.9. The Balaban J connectivity index is 1.35. The molecular formula is C24H25N3O. The number of carbonyl (C=O) groups is 1. The molecule has 2 unspecified atom stereocenters. The van der Waals surface area contributed by atoms with Crippen LogP contribution < -0.4 is 0 Å². The monoisotopic (exact) mass is 371 g/mol. The predicted octanol–water partition coefficient (Wildman–Crippen LogP) is 4.65. The summed E-state index contributed by atoms with van der Waals surface area (Å²) in [6.45, 7) is 0.993.